The van der Waals surface area contributed by atoms with Crippen LogP contribution in [0.3, 0.4) is 0 Å². The van der Waals surface area contributed by atoms with Crippen molar-refractivity contribution < 1.29 is 28.6 Å². The number of aromatic nitrogens is 2. The molecular weight excluding hydrogens is 440 g/mol. The molecule has 1 atom stereocenters. The Morgan fingerprint density at radius 1 is 1.28 bits per heavy atom. The molecule has 1 aliphatic heterocycles. The minimum Gasteiger partial charge on any atom is -0.495 e. The Bertz CT molecular complexity index is 1040. The maximum Gasteiger partial charge on any atom is 0.358 e. The summed E-state index contributed by atoms with van der Waals surface area (Å²) in [5.41, 5.74) is -0.970. The highest BCUT2D eigenvalue weighted by molar-refractivity contribution is 6.31. The summed E-state index contributed by atoms with van der Waals surface area (Å²) in [7, 11) is 2.98. The van der Waals surface area contributed by atoms with E-state index in [1.165, 1.54) is 29.9 Å². The van der Waals surface area contributed by atoms with Crippen molar-refractivity contribution in [1.82, 2.24) is 15.1 Å². The molecule has 0 saturated heterocycles. The van der Waals surface area contributed by atoms with Crippen LogP contribution >= 0.6 is 11.6 Å². The molecule has 1 aliphatic rings. The number of halogens is 1. The van der Waals surface area contributed by atoms with Gasteiger partial charge in [0.1, 0.15) is 17.0 Å². The van der Waals surface area contributed by atoms with Crippen LogP contribution in [0, 0.1) is 0 Å². The molecule has 0 bridgehead atoms. The van der Waals surface area contributed by atoms with Crippen molar-refractivity contribution in [3.63, 3.8) is 0 Å². The summed E-state index contributed by atoms with van der Waals surface area (Å²) in [6.07, 6.45) is 0. The molecule has 0 fully saturated rings. The summed E-state index contributed by atoms with van der Waals surface area (Å²) in [5, 5.41) is 7.36. The van der Waals surface area contributed by atoms with E-state index in [1.807, 2.05) is 0 Å². The normalized spacial score (nSPS) is 17.7. The van der Waals surface area contributed by atoms with Crippen molar-refractivity contribution in [1.29, 1.82) is 0 Å². The lowest BCUT2D eigenvalue weighted by Gasteiger charge is -2.43. The first kappa shape index (κ1) is 23.6. The van der Waals surface area contributed by atoms with Crippen molar-refractivity contribution in [2.45, 2.75) is 25.9 Å². The van der Waals surface area contributed by atoms with E-state index in [4.69, 9.17) is 25.8 Å². The van der Waals surface area contributed by atoms with E-state index in [2.05, 4.69) is 10.4 Å². The van der Waals surface area contributed by atoms with Crippen molar-refractivity contribution >= 4 is 35.1 Å². The fourth-order valence-corrected chi connectivity index (χ4v) is 3.73. The number of nitrogens with one attached hydrogen (secondary N) is 1. The minimum absolute atomic E-state index is 0.0119. The number of anilines is 1. The van der Waals surface area contributed by atoms with Gasteiger partial charge in [-0.25, -0.2) is 4.79 Å². The Labute approximate surface area is 190 Å². The van der Waals surface area contributed by atoms with E-state index in [9.17, 15) is 14.4 Å². The maximum absolute atomic E-state index is 13.7. The highest BCUT2D eigenvalue weighted by Gasteiger charge is 2.50. The van der Waals surface area contributed by atoms with Crippen molar-refractivity contribution in [2.24, 2.45) is 0 Å². The predicted octanol–water partition coefficient (Wildman–Crippen LogP) is 1.90. The predicted molar refractivity (Wildman–Crippen MR) is 116 cm³/mol. The molecule has 0 spiro atoms. The second kappa shape index (κ2) is 9.58. The van der Waals surface area contributed by atoms with Gasteiger partial charge in [-0.05, 0) is 32.0 Å². The number of fused-ring (bicyclic) bond motifs is 1. The highest BCUT2D eigenvalue weighted by atomic mass is 35.5. The average molecular weight is 465 g/mol. The van der Waals surface area contributed by atoms with Gasteiger partial charge in [0.15, 0.2) is 5.69 Å². The van der Waals surface area contributed by atoms with E-state index in [1.54, 1.807) is 32.0 Å². The number of rotatable bonds is 8. The number of esters is 1. The lowest BCUT2D eigenvalue weighted by Crippen LogP contribution is -2.64. The topological polar surface area (TPSA) is 112 Å². The van der Waals surface area contributed by atoms with E-state index in [-0.39, 0.29) is 31.1 Å². The van der Waals surface area contributed by atoms with E-state index in [0.29, 0.717) is 23.1 Å². The van der Waals surface area contributed by atoms with Gasteiger partial charge in [0.2, 0.25) is 5.91 Å². The van der Waals surface area contributed by atoms with Crippen LogP contribution < -0.4 is 15.0 Å². The molecule has 1 unspecified atom stereocenters. The van der Waals surface area contributed by atoms with Gasteiger partial charge in [-0.2, -0.15) is 5.10 Å². The van der Waals surface area contributed by atoms with Gasteiger partial charge < -0.3 is 19.5 Å². The SMILES string of the molecule is CCOC(=O)c1cc2n(n1)CC(C)(C(=O)NCCOC)N(c1cc(Cl)ccc1OC)C2=O. The van der Waals surface area contributed by atoms with Crippen LogP contribution in [0.15, 0.2) is 24.3 Å². The largest absolute Gasteiger partial charge is 0.495 e. The third kappa shape index (κ3) is 4.28. The summed E-state index contributed by atoms with van der Waals surface area (Å²) < 4.78 is 16.8. The molecule has 1 aromatic carbocycles. The molecule has 1 N–H and O–H groups in total. The fraction of sp³-hybridized carbons (Fsp3) is 0.429. The molecule has 11 heteroatoms. The summed E-state index contributed by atoms with van der Waals surface area (Å²) >= 11 is 6.21. The fourth-order valence-electron chi connectivity index (χ4n) is 3.56. The zero-order valence-electron chi connectivity index (χ0n) is 18.3. The molecule has 2 heterocycles. The third-order valence-corrected chi connectivity index (χ3v) is 5.34. The number of carbonyl (C=O) groups is 3. The smallest absolute Gasteiger partial charge is 0.358 e. The first-order chi connectivity index (χ1) is 15.3. The van der Waals surface area contributed by atoms with Crippen LogP contribution in [-0.2, 0) is 20.8 Å². The van der Waals surface area contributed by atoms with Gasteiger partial charge in [-0.3, -0.25) is 19.2 Å². The van der Waals surface area contributed by atoms with Gasteiger partial charge in [-0.1, -0.05) is 11.6 Å². The first-order valence-corrected chi connectivity index (χ1v) is 10.3. The molecule has 0 saturated carbocycles. The molecule has 10 nitrogen and oxygen atoms in total. The average Bonchev–Trinajstić information content (AvgIpc) is 3.18. The Hall–Kier alpha value is -3.11. The van der Waals surface area contributed by atoms with Crippen LogP contribution in [0.2, 0.25) is 5.02 Å². The first-order valence-electron chi connectivity index (χ1n) is 9.97. The Morgan fingerprint density at radius 2 is 2.03 bits per heavy atom. The van der Waals surface area contributed by atoms with Gasteiger partial charge in [0, 0.05) is 24.7 Å². The van der Waals surface area contributed by atoms with Gasteiger partial charge in [0.25, 0.3) is 5.91 Å². The lowest BCUT2D eigenvalue weighted by molar-refractivity contribution is -0.126. The molecule has 2 amide bonds. The Balaban J connectivity index is 2.13. The number of amides is 2. The molecule has 0 radical (unpaired) electrons. The second-order valence-electron chi connectivity index (χ2n) is 7.27. The van der Waals surface area contributed by atoms with Crippen LogP contribution in [0.4, 0.5) is 5.69 Å². The number of ether oxygens (including phenoxy) is 3. The summed E-state index contributed by atoms with van der Waals surface area (Å²) in [5.74, 6) is -1.26. The van der Waals surface area contributed by atoms with Crippen LogP contribution in [-0.4, -0.2) is 67.1 Å². The van der Waals surface area contributed by atoms with Gasteiger partial charge in [0.05, 0.1) is 32.6 Å². The molecule has 2 aromatic rings. The quantitative estimate of drug-likeness (QED) is 0.469. The number of hydrogen-bond donors (Lipinski definition) is 1. The lowest BCUT2D eigenvalue weighted by atomic mass is 9.93. The Morgan fingerprint density at radius 3 is 2.69 bits per heavy atom. The summed E-state index contributed by atoms with van der Waals surface area (Å²) in [6.45, 7) is 3.99. The molecule has 1 aromatic heterocycles. The molecular formula is C21H25ClN4O6. The maximum atomic E-state index is 13.7. The number of hydrogen-bond acceptors (Lipinski definition) is 7. The van der Waals surface area contributed by atoms with E-state index < -0.39 is 23.3 Å². The standard InChI is InChI=1S/C21H25ClN4O6/c1-5-32-19(28)14-11-16-18(27)26(15-10-13(22)6-7-17(15)31-4)21(2,12-25(16)24-14)20(29)23-8-9-30-3/h6-7,10-11H,5,8-9,12H2,1-4H3,(H,23,29). The molecule has 172 valence electrons. The zero-order valence-corrected chi connectivity index (χ0v) is 19.1. The summed E-state index contributed by atoms with van der Waals surface area (Å²) in [6, 6.07) is 6.14. The number of benzene rings is 1. The zero-order chi connectivity index (χ0) is 23.5. The summed E-state index contributed by atoms with van der Waals surface area (Å²) in [4.78, 5) is 40.5. The van der Waals surface area contributed by atoms with Crippen molar-refractivity contribution in [2.75, 3.05) is 38.9 Å². The van der Waals surface area contributed by atoms with Crippen molar-refractivity contribution in [3.8, 4) is 5.75 Å². The minimum atomic E-state index is -1.41. The molecule has 32 heavy (non-hydrogen) atoms. The number of nitrogens with zero attached hydrogens (tertiary/aromatic N) is 3. The van der Waals surface area contributed by atoms with Crippen LogP contribution in [0.1, 0.15) is 34.8 Å². The number of methoxy groups -OCH3 is 2. The second-order valence-corrected chi connectivity index (χ2v) is 7.71. The molecule has 0 aliphatic carbocycles. The molecule has 3 rings (SSSR count). The van der Waals surface area contributed by atoms with E-state index in [0.717, 1.165) is 0 Å². The van der Waals surface area contributed by atoms with Crippen LogP contribution in [0.5, 0.6) is 5.75 Å². The number of carbonyl (C=O) groups excluding carboxylic acids is 3. The highest BCUT2D eigenvalue weighted by Crippen LogP contribution is 2.39. The Kier molecular flexibility index (Phi) is 7.05. The monoisotopic (exact) mass is 464 g/mol. The third-order valence-electron chi connectivity index (χ3n) is 5.10. The van der Waals surface area contributed by atoms with Crippen molar-refractivity contribution in [3.05, 3.63) is 40.7 Å². The van der Waals surface area contributed by atoms with Gasteiger partial charge in [-0.15, -0.1) is 0 Å². The van der Waals surface area contributed by atoms with Crippen LogP contribution in [0.25, 0.3) is 0 Å². The van der Waals surface area contributed by atoms with Gasteiger partial charge >= 0.3 is 5.97 Å². The van der Waals surface area contributed by atoms with E-state index >= 15 is 0 Å².